The molecule has 2 rings (SSSR count). The molecule has 22 heavy (non-hydrogen) atoms. The summed E-state index contributed by atoms with van der Waals surface area (Å²) in [6, 6.07) is 5.24. The molecule has 0 saturated heterocycles. The van der Waals surface area contributed by atoms with Crippen molar-refractivity contribution < 1.29 is 8.42 Å². The monoisotopic (exact) mass is 341 g/mol. The van der Waals surface area contributed by atoms with Gasteiger partial charge in [0, 0.05) is 19.6 Å². The van der Waals surface area contributed by atoms with Gasteiger partial charge >= 0.3 is 0 Å². The lowest BCUT2D eigenvalue weighted by Crippen LogP contribution is -2.30. The largest absolute Gasteiger partial charge is 0.319 e. The number of aryl methyl sites for hydroxylation is 1. The van der Waals surface area contributed by atoms with E-state index in [4.69, 9.17) is 0 Å². The van der Waals surface area contributed by atoms with E-state index in [1.165, 1.54) is 4.31 Å². The van der Waals surface area contributed by atoms with Crippen LogP contribution in [-0.2, 0) is 16.6 Å². The lowest BCUT2D eigenvalue weighted by molar-refractivity contribution is 0.445. The molecular formula is C15H23N3O2S2. The Kier molecular flexibility index (Phi) is 5.52. The molecule has 7 heteroatoms. The van der Waals surface area contributed by atoms with Crippen LogP contribution in [0.1, 0.15) is 27.7 Å². The zero-order valence-corrected chi connectivity index (χ0v) is 15.2. The highest BCUT2D eigenvalue weighted by atomic mass is 32.2. The molecule has 0 spiro atoms. The van der Waals surface area contributed by atoms with Gasteiger partial charge in [-0.2, -0.15) is 4.31 Å². The molecule has 0 aliphatic carbocycles. The van der Waals surface area contributed by atoms with Gasteiger partial charge in [0.2, 0.25) is 10.0 Å². The van der Waals surface area contributed by atoms with Crippen molar-refractivity contribution in [1.82, 2.24) is 13.9 Å². The highest BCUT2D eigenvalue weighted by Crippen LogP contribution is 2.27. The van der Waals surface area contributed by atoms with E-state index in [9.17, 15) is 8.42 Å². The van der Waals surface area contributed by atoms with Crippen LogP contribution in [0.5, 0.6) is 0 Å². The minimum atomic E-state index is -3.44. The van der Waals surface area contributed by atoms with Crippen LogP contribution in [0.4, 0.5) is 0 Å². The fourth-order valence-electron chi connectivity index (χ4n) is 2.51. The minimum absolute atomic E-state index is 0.317. The molecule has 1 aromatic heterocycles. The summed E-state index contributed by atoms with van der Waals surface area (Å²) in [6.07, 6.45) is 0. The Hall–Kier alpha value is -1.05. The Bertz CT molecular complexity index is 749. The third-order valence-corrected chi connectivity index (χ3v) is 6.52. The maximum atomic E-state index is 12.6. The van der Waals surface area contributed by atoms with Crippen LogP contribution in [0.15, 0.2) is 28.3 Å². The molecule has 1 heterocycles. The summed E-state index contributed by atoms with van der Waals surface area (Å²) >= 11 is 1.67. The Morgan fingerprint density at radius 1 is 1.18 bits per heavy atom. The van der Waals surface area contributed by atoms with Gasteiger partial charge in [0.1, 0.15) is 0 Å². The van der Waals surface area contributed by atoms with Gasteiger partial charge < -0.3 is 4.57 Å². The Labute approximate surface area is 136 Å². The predicted molar refractivity (Wildman–Crippen MR) is 91.9 cm³/mol. The molecule has 5 nitrogen and oxygen atoms in total. The number of thioether (sulfide) groups is 1. The van der Waals surface area contributed by atoms with E-state index in [0.29, 0.717) is 18.0 Å². The van der Waals surface area contributed by atoms with Crippen LogP contribution < -0.4 is 0 Å². The highest BCUT2D eigenvalue weighted by Gasteiger charge is 2.22. The predicted octanol–water partition coefficient (Wildman–Crippen LogP) is 3.20. The number of sulfonamides is 1. The first-order valence-electron chi connectivity index (χ1n) is 7.62. The number of imidazole rings is 1. The average molecular weight is 342 g/mol. The topological polar surface area (TPSA) is 55.2 Å². The summed E-state index contributed by atoms with van der Waals surface area (Å²) in [5, 5.41) is 0.942. The van der Waals surface area contributed by atoms with E-state index >= 15 is 0 Å². The molecular weight excluding hydrogens is 318 g/mol. The number of hydrogen-bond donors (Lipinski definition) is 0. The van der Waals surface area contributed by atoms with E-state index < -0.39 is 10.0 Å². The quantitative estimate of drug-likeness (QED) is 0.726. The van der Waals surface area contributed by atoms with Crippen LogP contribution in [-0.4, -0.2) is 41.1 Å². The normalized spacial score (nSPS) is 12.4. The SMILES string of the molecule is CCSc1nc2cc(S(=O)(=O)N(CC)CC)ccc2n1CC. The van der Waals surface area contributed by atoms with Crippen molar-refractivity contribution in [3.05, 3.63) is 18.2 Å². The van der Waals surface area contributed by atoms with Gasteiger partial charge in [0.15, 0.2) is 5.16 Å². The highest BCUT2D eigenvalue weighted by molar-refractivity contribution is 7.99. The van der Waals surface area contributed by atoms with E-state index in [0.717, 1.165) is 28.5 Å². The number of nitrogens with zero attached hydrogens (tertiary/aromatic N) is 3. The van der Waals surface area contributed by atoms with Gasteiger partial charge in [0.25, 0.3) is 0 Å². The molecule has 0 saturated carbocycles. The lowest BCUT2D eigenvalue weighted by Gasteiger charge is -2.18. The van der Waals surface area contributed by atoms with Crippen molar-refractivity contribution in [1.29, 1.82) is 0 Å². The second-order valence-corrected chi connectivity index (χ2v) is 7.98. The second kappa shape index (κ2) is 7.02. The molecule has 0 N–H and O–H groups in total. The molecule has 0 atom stereocenters. The number of hydrogen-bond acceptors (Lipinski definition) is 4. The Morgan fingerprint density at radius 3 is 2.41 bits per heavy atom. The van der Waals surface area contributed by atoms with Crippen molar-refractivity contribution in [2.24, 2.45) is 0 Å². The summed E-state index contributed by atoms with van der Waals surface area (Å²) in [4.78, 5) is 4.92. The zero-order chi connectivity index (χ0) is 16.3. The van der Waals surface area contributed by atoms with Gasteiger partial charge in [-0.25, -0.2) is 13.4 Å². The number of benzene rings is 1. The van der Waals surface area contributed by atoms with E-state index in [1.807, 2.05) is 19.9 Å². The van der Waals surface area contributed by atoms with Gasteiger partial charge in [-0.3, -0.25) is 0 Å². The van der Waals surface area contributed by atoms with Crippen molar-refractivity contribution >= 4 is 32.8 Å². The van der Waals surface area contributed by atoms with Gasteiger partial charge in [-0.05, 0) is 30.9 Å². The van der Waals surface area contributed by atoms with Crippen LogP contribution >= 0.6 is 11.8 Å². The van der Waals surface area contributed by atoms with Crippen molar-refractivity contribution in [3.63, 3.8) is 0 Å². The molecule has 0 aliphatic rings. The molecule has 0 radical (unpaired) electrons. The number of aromatic nitrogens is 2. The van der Waals surface area contributed by atoms with Crippen molar-refractivity contribution in [2.75, 3.05) is 18.8 Å². The Balaban J connectivity index is 2.56. The van der Waals surface area contributed by atoms with Crippen LogP contribution in [0.3, 0.4) is 0 Å². The summed E-state index contributed by atoms with van der Waals surface area (Å²) in [7, 11) is -3.44. The zero-order valence-electron chi connectivity index (χ0n) is 13.5. The fraction of sp³-hybridized carbons (Fsp3) is 0.533. The maximum absolute atomic E-state index is 12.6. The van der Waals surface area contributed by atoms with E-state index in [1.54, 1.807) is 23.9 Å². The minimum Gasteiger partial charge on any atom is -0.319 e. The van der Waals surface area contributed by atoms with Crippen LogP contribution in [0, 0.1) is 0 Å². The van der Waals surface area contributed by atoms with Crippen molar-refractivity contribution in [2.45, 2.75) is 44.3 Å². The first-order chi connectivity index (χ1) is 10.5. The molecule has 0 fully saturated rings. The number of rotatable bonds is 7. The Morgan fingerprint density at radius 2 is 1.86 bits per heavy atom. The molecule has 0 unspecified atom stereocenters. The van der Waals surface area contributed by atoms with Gasteiger partial charge in [-0.15, -0.1) is 0 Å². The third-order valence-electron chi connectivity index (χ3n) is 3.62. The number of fused-ring (bicyclic) bond motifs is 1. The summed E-state index contributed by atoms with van der Waals surface area (Å²) in [5.41, 5.74) is 1.72. The first-order valence-corrected chi connectivity index (χ1v) is 10.0. The molecule has 2 aromatic rings. The molecule has 1 aromatic carbocycles. The van der Waals surface area contributed by atoms with Crippen LogP contribution in [0.25, 0.3) is 11.0 Å². The summed E-state index contributed by atoms with van der Waals surface area (Å²) in [6.45, 7) is 9.61. The van der Waals surface area contributed by atoms with Crippen molar-refractivity contribution in [3.8, 4) is 0 Å². The molecule has 0 amide bonds. The lowest BCUT2D eigenvalue weighted by atomic mass is 10.3. The fourth-order valence-corrected chi connectivity index (χ4v) is 4.79. The summed E-state index contributed by atoms with van der Waals surface area (Å²) < 4.78 is 28.8. The maximum Gasteiger partial charge on any atom is 0.243 e. The first kappa shape index (κ1) is 17.3. The van der Waals surface area contributed by atoms with Gasteiger partial charge in [-0.1, -0.05) is 32.5 Å². The molecule has 0 aliphatic heterocycles. The summed E-state index contributed by atoms with van der Waals surface area (Å²) in [5.74, 6) is 0.938. The van der Waals surface area contributed by atoms with Crippen LogP contribution in [0.2, 0.25) is 0 Å². The molecule has 0 bridgehead atoms. The average Bonchev–Trinajstić information content (AvgIpc) is 2.84. The standard InChI is InChI=1S/C15H23N3O2S2/c1-5-17(6-2)22(19,20)12-9-10-14-13(11-12)16-15(21-8-4)18(14)7-3/h9-11H,5-8H2,1-4H3. The second-order valence-electron chi connectivity index (χ2n) is 4.81. The smallest absolute Gasteiger partial charge is 0.243 e. The molecule has 122 valence electrons. The van der Waals surface area contributed by atoms with E-state index in [2.05, 4.69) is 23.4 Å². The van der Waals surface area contributed by atoms with E-state index in [-0.39, 0.29) is 0 Å². The third kappa shape index (κ3) is 3.02. The van der Waals surface area contributed by atoms with Gasteiger partial charge in [0.05, 0.1) is 15.9 Å².